The molecule has 6 heteroatoms. The molecule has 0 aliphatic rings. The number of pyridine rings is 1. The number of aromatic nitrogens is 1. The van der Waals surface area contributed by atoms with Crippen molar-refractivity contribution in [3.8, 4) is 0 Å². The zero-order chi connectivity index (χ0) is 13.7. The lowest BCUT2D eigenvalue weighted by Crippen LogP contribution is -2.44. The number of hydrogen-bond donors (Lipinski definition) is 2. The molecule has 0 aliphatic heterocycles. The lowest BCUT2D eigenvalue weighted by Gasteiger charge is -2.18. The number of carboxylic acid groups (broad SMARTS) is 1. The molecule has 1 aromatic heterocycles. The summed E-state index contributed by atoms with van der Waals surface area (Å²) in [7, 11) is 0. The normalized spacial score (nSPS) is 12.2. The van der Waals surface area contributed by atoms with Crippen LogP contribution in [0.15, 0.2) is 23.4 Å². The third kappa shape index (κ3) is 3.46. The lowest BCUT2D eigenvalue weighted by atomic mass is 10.0. The topological polar surface area (TPSA) is 79.3 Å². The number of aliphatic carboxylic acids is 1. The number of carbonyl (C=O) groups is 2. The number of amides is 1. The van der Waals surface area contributed by atoms with E-state index in [0.29, 0.717) is 10.6 Å². The molecule has 2 N–H and O–H groups in total. The highest BCUT2D eigenvalue weighted by molar-refractivity contribution is 7.98. The molecule has 0 aliphatic carbocycles. The molecular weight excluding hydrogens is 252 g/mol. The van der Waals surface area contributed by atoms with Gasteiger partial charge >= 0.3 is 5.97 Å². The summed E-state index contributed by atoms with van der Waals surface area (Å²) in [6, 6.07) is 2.39. The molecule has 5 nitrogen and oxygen atoms in total. The van der Waals surface area contributed by atoms with E-state index in [1.165, 1.54) is 11.8 Å². The number of carbonyl (C=O) groups excluding carboxylic acids is 1. The minimum absolute atomic E-state index is 0.180. The van der Waals surface area contributed by atoms with Crippen LogP contribution in [0.2, 0.25) is 0 Å². The summed E-state index contributed by atoms with van der Waals surface area (Å²) < 4.78 is 0. The first-order chi connectivity index (χ1) is 8.47. The molecule has 0 bridgehead atoms. The van der Waals surface area contributed by atoms with Crippen LogP contribution in [0.25, 0.3) is 0 Å². The van der Waals surface area contributed by atoms with Gasteiger partial charge in [0.1, 0.15) is 11.1 Å². The Morgan fingerprint density at radius 1 is 1.44 bits per heavy atom. The summed E-state index contributed by atoms with van der Waals surface area (Å²) in [4.78, 5) is 27.1. The number of hydrogen-bond acceptors (Lipinski definition) is 4. The molecule has 1 rings (SSSR count). The van der Waals surface area contributed by atoms with Gasteiger partial charge in [-0.1, -0.05) is 13.8 Å². The smallest absolute Gasteiger partial charge is 0.326 e. The van der Waals surface area contributed by atoms with Crippen LogP contribution in [0, 0.1) is 5.92 Å². The molecule has 0 unspecified atom stereocenters. The van der Waals surface area contributed by atoms with Crippen molar-refractivity contribution < 1.29 is 14.7 Å². The van der Waals surface area contributed by atoms with E-state index in [4.69, 9.17) is 5.11 Å². The molecular formula is C12H16N2O3S. The third-order valence-electron chi connectivity index (χ3n) is 2.43. The molecule has 0 spiro atoms. The van der Waals surface area contributed by atoms with Gasteiger partial charge in [0, 0.05) is 6.20 Å². The van der Waals surface area contributed by atoms with Crippen molar-refractivity contribution in [1.82, 2.24) is 10.3 Å². The van der Waals surface area contributed by atoms with E-state index in [-0.39, 0.29) is 5.92 Å². The second kappa shape index (κ2) is 6.39. The largest absolute Gasteiger partial charge is 0.480 e. The Bertz CT molecular complexity index is 449. The van der Waals surface area contributed by atoms with Crippen molar-refractivity contribution >= 4 is 23.6 Å². The van der Waals surface area contributed by atoms with Gasteiger partial charge in [0.2, 0.25) is 0 Å². The monoisotopic (exact) mass is 268 g/mol. The average Bonchev–Trinajstić information content (AvgIpc) is 2.34. The maximum atomic E-state index is 12.0. The summed E-state index contributed by atoms with van der Waals surface area (Å²) >= 11 is 1.35. The first-order valence-electron chi connectivity index (χ1n) is 5.50. The standard InChI is InChI=1S/C12H16N2O3S/c1-7(2)9(12(16)17)14-10(15)8-5-4-6-13-11(8)18-3/h4-7,9H,1-3H3,(H,14,15)(H,16,17)/t9-/m1/s1. The SMILES string of the molecule is CSc1ncccc1C(=O)N[C@@H](C(=O)O)C(C)C. The van der Waals surface area contributed by atoms with Crippen LogP contribution in [0.3, 0.4) is 0 Å². The predicted octanol–water partition coefficient (Wildman–Crippen LogP) is 1.64. The van der Waals surface area contributed by atoms with Crippen LogP contribution < -0.4 is 5.32 Å². The molecule has 1 amide bonds. The quantitative estimate of drug-likeness (QED) is 0.794. The number of nitrogens with zero attached hydrogens (tertiary/aromatic N) is 1. The van der Waals surface area contributed by atoms with Gasteiger partial charge in [-0.3, -0.25) is 4.79 Å². The van der Waals surface area contributed by atoms with Crippen LogP contribution in [0.5, 0.6) is 0 Å². The minimum atomic E-state index is -1.03. The van der Waals surface area contributed by atoms with Crippen molar-refractivity contribution in [3.63, 3.8) is 0 Å². The molecule has 0 fully saturated rings. The fourth-order valence-electron chi connectivity index (χ4n) is 1.46. The second-order valence-electron chi connectivity index (χ2n) is 4.09. The predicted molar refractivity (Wildman–Crippen MR) is 69.7 cm³/mol. The fraction of sp³-hybridized carbons (Fsp3) is 0.417. The third-order valence-corrected chi connectivity index (χ3v) is 3.14. The van der Waals surface area contributed by atoms with Gasteiger partial charge in [-0.2, -0.15) is 0 Å². The molecule has 0 radical (unpaired) electrons. The summed E-state index contributed by atoms with van der Waals surface area (Å²) in [5.74, 6) is -1.62. The Morgan fingerprint density at radius 2 is 2.11 bits per heavy atom. The molecule has 0 saturated heterocycles. The maximum absolute atomic E-state index is 12.0. The van der Waals surface area contributed by atoms with Gasteiger partial charge in [-0.15, -0.1) is 11.8 Å². The van der Waals surface area contributed by atoms with Gasteiger partial charge in [-0.25, -0.2) is 9.78 Å². The molecule has 18 heavy (non-hydrogen) atoms. The summed E-state index contributed by atoms with van der Waals surface area (Å²) in [5, 5.41) is 12.1. The van der Waals surface area contributed by atoms with Crippen LogP contribution in [-0.2, 0) is 4.79 Å². The Labute approximate surface area is 110 Å². The van der Waals surface area contributed by atoms with Crippen LogP contribution >= 0.6 is 11.8 Å². The first-order valence-corrected chi connectivity index (χ1v) is 6.72. The van der Waals surface area contributed by atoms with Gasteiger partial charge in [0.15, 0.2) is 0 Å². The average molecular weight is 268 g/mol. The fourth-order valence-corrected chi connectivity index (χ4v) is 2.01. The zero-order valence-electron chi connectivity index (χ0n) is 10.5. The van der Waals surface area contributed by atoms with Gasteiger partial charge in [-0.05, 0) is 24.3 Å². The molecule has 1 atom stereocenters. The summed E-state index contributed by atoms with van der Waals surface area (Å²) in [6.07, 6.45) is 3.41. The van der Waals surface area contributed by atoms with E-state index in [1.807, 2.05) is 6.26 Å². The minimum Gasteiger partial charge on any atom is -0.480 e. The van der Waals surface area contributed by atoms with E-state index >= 15 is 0 Å². The molecule has 0 aromatic carbocycles. The van der Waals surface area contributed by atoms with E-state index in [1.54, 1.807) is 32.2 Å². The Morgan fingerprint density at radius 3 is 2.61 bits per heavy atom. The first kappa shape index (κ1) is 14.5. The molecule has 0 saturated carbocycles. The zero-order valence-corrected chi connectivity index (χ0v) is 11.3. The number of nitrogens with one attached hydrogen (secondary N) is 1. The molecule has 1 aromatic rings. The van der Waals surface area contributed by atoms with Crippen molar-refractivity contribution in [1.29, 1.82) is 0 Å². The van der Waals surface area contributed by atoms with Gasteiger partial charge in [0.25, 0.3) is 5.91 Å². The summed E-state index contributed by atoms with van der Waals surface area (Å²) in [5.41, 5.74) is 0.400. The highest BCUT2D eigenvalue weighted by atomic mass is 32.2. The second-order valence-corrected chi connectivity index (χ2v) is 4.89. The highest BCUT2D eigenvalue weighted by Crippen LogP contribution is 2.17. The van der Waals surface area contributed by atoms with Crippen LogP contribution in [-0.4, -0.2) is 34.3 Å². The van der Waals surface area contributed by atoms with E-state index in [9.17, 15) is 9.59 Å². The van der Waals surface area contributed by atoms with Crippen molar-refractivity contribution in [2.24, 2.45) is 5.92 Å². The van der Waals surface area contributed by atoms with E-state index in [2.05, 4.69) is 10.3 Å². The van der Waals surface area contributed by atoms with Gasteiger partial charge in [0.05, 0.1) is 5.56 Å². The molecule has 1 heterocycles. The maximum Gasteiger partial charge on any atom is 0.326 e. The Hall–Kier alpha value is -1.56. The Kier molecular flexibility index (Phi) is 5.15. The lowest BCUT2D eigenvalue weighted by molar-refractivity contribution is -0.140. The number of carboxylic acids is 1. The number of rotatable bonds is 5. The van der Waals surface area contributed by atoms with Gasteiger partial charge < -0.3 is 10.4 Å². The van der Waals surface area contributed by atoms with E-state index in [0.717, 1.165) is 0 Å². The van der Waals surface area contributed by atoms with Crippen LogP contribution in [0.1, 0.15) is 24.2 Å². The van der Waals surface area contributed by atoms with Crippen molar-refractivity contribution in [2.45, 2.75) is 24.9 Å². The van der Waals surface area contributed by atoms with Crippen molar-refractivity contribution in [2.75, 3.05) is 6.26 Å². The summed E-state index contributed by atoms with van der Waals surface area (Å²) in [6.45, 7) is 3.50. The van der Waals surface area contributed by atoms with E-state index < -0.39 is 17.9 Å². The van der Waals surface area contributed by atoms with Crippen molar-refractivity contribution in [3.05, 3.63) is 23.9 Å². The Balaban J connectivity index is 2.90. The van der Waals surface area contributed by atoms with Crippen LogP contribution in [0.4, 0.5) is 0 Å². The highest BCUT2D eigenvalue weighted by Gasteiger charge is 2.24. The number of thioether (sulfide) groups is 1. The molecule has 98 valence electrons.